The van der Waals surface area contributed by atoms with Gasteiger partial charge in [-0.05, 0) is 25.3 Å². The van der Waals surface area contributed by atoms with Crippen LogP contribution in [0.4, 0.5) is 0 Å². The summed E-state index contributed by atoms with van der Waals surface area (Å²) in [5.74, 6) is 1.21. The Morgan fingerprint density at radius 2 is 2.12 bits per heavy atom. The molecular formula is C12H12BrNO3. The second-order valence-electron chi connectivity index (χ2n) is 4.65. The van der Waals surface area contributed by atoms with Crippen LogP contribution in [0.3, 0.4) is 0 Å². The van der Waals surface area contributed by atoms with Crippen LogP contribution >= 0.6 is 15.9 Å². The van der Waals surface area contributed by atoms with E-state index in [1.54, 1.807) is 6.07 Å². The molecule has 1 aromatic carbocycles. The van der Waals surface area contributed by atoms with Crippen molar-refractivity contribution < 1.29 is 14.3 Å². The van der Waals surface area contributed by atoms with Crippen molar-refractivity contribution in [2.75, 3.05) is 6.79 Å². The molecule has 90 valence electrons. The predicted molar refractivity (Wildman–Crippen MR) is 65.5 cm³/mol. The molecule has 0 bridgehead atoms. The molecule has 1 aromatic rings. The zero-order valence-corrected chi connectivity index (χ0v) is 10.7. The molecule has 17 heavy (non-hydrogen) atoms. The van der Waals surface area contributed by atoms with Crippen molar-refractivity contribution in [3.8, 4) is 11.5 Å². The normalized spacial score (nSPS) is 19.2. The zero-order chi connectivity index (χ0) is 12.0. The van der Waals surface area contributed by atoms with Gasteiger partial charge in [-0.25, -0.2) is 0 Å². The van der Waals surface area contributed by atoms with Gasteiger partial charge >= 0.3 is 0 Å². The van der Waals surface area contributed by atoms with E-state index in [9.17, 15) is 4.79 Å². The van der Waals surface area contributed by atoms with Crippen molar-refractivity contribution in [3.05, 3.63) is 21.7 Å². The Labute approximate surface area is 107 Å². The van der Waals surface area contributed by atoms with Gasteiger partial charge in [0.2, 0.25) is 6.79 Å². The van der Waals surface area contributed by atoms with Crippen molar-refractivity contribution in [3.63, 3.8) is 0 Å². The summed E-state index contributed by atoms with van der Waals surface area (Å²) in [6.07, 6.45) is 3.59. The van der Waals surface area contributed by atoms with Gasteiger partial charge in [0, 0.05) is 15.6 Å². The van der Waals surface area contributed by atoms with E-state index in [1.165, 1.54) is 0 Å². The first kappa shape index (κ1) is 11.0. The number of aldehydes is 1. The van der Waals surface area contributed by atoms with Gasteiger partial charge in [-0.1, -0.05) is 15.9 Å². The molecule has 0 radical (unpaired) electrons. The lowest BCUT2D eigenvalue weighted by Crippen LogP contribution is -2.24. The molecule has 2 aliphatic rings. The van der Waals surface area contributed by atoms with E-state index in [1.807, 2.05) is 0 Å². The molecule has 1 aliphatic heterocycles. The highest BCUT2D eigenvalue weighted by atomic mass is 79.9. The number of halogens is 1. The van der Waals surface area contributed by atoms with Gasteiger partial charge in [-0.2, -0.15) is 0 Å². The van der Waals surface area contributed by atoms with Crippen LogP contribution in [0.15, 0.2) is 10.5 Å². The van der Waals surface area contributed by atoms with Crippen LogP contribution in [0.1, 0.15) is 28.8 Å². The number of ether oxygens (including phenoxy) is 2. The first-order valence-corrected chi connectivity index (χ1v) is 6.27. The lowest BCUT2D eigenvalue weighted by molar-refractivity contribution is 0.111. The summed E-state index contributed by atoms with van der Waals surface area (Å²) >= 11 is 3.47. The average Bonchev–Trinajstić information content (AvgIpc) is 2.85. The molecule has 0 unspecified atom stereocenters. The minimum absolute atomic E-state index is 0.106. The summed E-state index contributed by atoms with van der Waals surface area (Å²) < 4.78 is 11.7. The SMILES string of the molecule is NC1(Cc2c(Br)cc(C=O)c3c2OCO3)CC1. The Morgan fingerprint density at radius 3 is 2.76 bits per heavy atom. The summed E-state index contributed by atoms with van der Waals surface area (Å²) in [4.78, 5) is 10.9. The first-order valence-electron chi connectivity index (χ1n) is 5.48. The topological polar surface area (TPSA) is 61.6 Å². The maximum Gasteiger partial charge on any atom is 0.231 e. The van der Waals surface area contributed by atoms with E-state index in [4.69, 9.17) is 15.2 Å². The standard InChI is InChI=1S/C12H12BrNO3/c13-9-3-7(5-15)10-11(17-6-16-10)8(9)4-12(14)1-2-12/h3,5H,1-2,4,6,14H2. The quantitative estimate of drug-likeness (QED) is 0.867. The Morgan fingerprint density at radius 1 is 1.41 bits per heavy atom. The number of hydrogen-bond donors (Lipinski definition) is 1. The first-order chi connectivity index (χ1) is 8.13. The van der Waals surface area contributed by atoms with Gasteiger partial charge in [0.1, 0.15) is 0 Å². The van der Waals surface area contributed by atoms with Crippen molar-refractivity contribution in [2.24, 2.45) is 5.73 Å². The van der Waals surface area contributed by atoms with Crippen LogP contribution in [0, 0.1) is 0 Å². The van der Waals surface area contributed by atoms with E-state index < -0.39 is 0 Å². The van der Waals surface area contributed by atoms with Crippen LogP contribution in [-0.4, -0.2) is 18.6 Å². The number of hydrogen-bond acceptors (Lipinski definition) is 4. The van der Waals surface area contributed by atoms with Crippen LogP contribution in [-0.2, 0) is 6.42 Å². The number of rotatable bonds is 3. The van der Waals surface area contributed by atoms with Crippen molar-refractivity contribution in [1.29, 1.82) is 0 Å². The van der Waals surface area contributed by atoms with Gasteiger partial charge in [0.25, 0.3) is 0 Å². The number of fused-ring (bicyclic) bond motifs is 1. The summed E-state index contributed by atoms with van der Waals surface area (Å²) in [6.45, 7) is 0.164. The van der Waals surface area contributed by atoms with Crippen molar-refractivity contribution >= 4 is 22.2 Å². The predicted octanol–water partition coefficient (Wildman–Crippen LogP) is 2.02. The fourth-order valence-electron chi connectivity index (χ4n) is 2.06. The molecule has 0 amide bonds. The molecule has 3 rings (SSSR count). The Hall–Kier alpha value is -1.07. The molecule has 0 aromatic heterocycles. The fraction of sp³-hybridized carbons (Fsp3) is 0.417. The molecule has 0 atom stereocenters. The fourth-order valence-corrected chi connectivity index (χ4v) is 2.62. The third-order valence-electron chi connectivity index (χ3n) is 3.27. The molecule has 5 heteroatoms. The van der Waals surface area contributed by atoms with Gasteiger partial charge in [-0.3, -0.25) is 4.79 Å². The van der Waals surface area contributed by atoms with E-state index >= 15 is 0 Å². The molecule has 1 aliphatic carbocycles. The Bertz CT molecular complexity index is 497. The van der Waals surface area contributed by atoms with Crippen LogP contribution in [0.2, 0.25) is 0 Å². The Balaban J connectivity index is 2.08. The number of carbonyl (C=O) groups is 1. The molecule has 2 N–H and O–H groups in total. The van der Waals surface area contributed by atoms with Crippen LogP contribution < -0.4 is 15.2 Å². The molecule has 0 saturated heterocycles. The minimum Gasteiger partial charge on any atom is -0.453 e. The van der Waals surface area contributed by atoms with Crippen LogP contribution in [0.25, 0.3) is 0 Å². The third-order valence-corrected chi connectivity index (χ3v) is 3.98. The van der Waals surface area contributed by atoms with E-state index in [0.717, 1.165) is 35.6 Å². The van der Waals surface area contributed by atoms with Crippen molar-refractivity contribution in [1.82, 2.24) is 0 Å². The highest BCUT2D eigenvalue weighted by molar-refractivity contribution is 9.10. The van der Waals surface area contributed by atoms with Gasteiger partial charge in [-0.15, -0.1) is 0 Å². The maximum atomic E-state index is 10.9. The second-order valence-corrected chi connectivity index (χ2v) is 5.50. The summed E-state index contributed by atoms with van der Waals surface area (Å²) in [6, 6.07) is 1.77. The zero-order valence-electron chi connectivity index (χ0n) is 9.16. The summed E-state index contributed by atoms with van der Waals surface area (Å²) in [5.41, 5.74) is 7.53. The molecule has 4 nitrogen and oxygen atoms in total. The molecule has 1 fully saturated rings. The largest absolute Gasteiger partial charge is 0.453 e. The minimum atomic E-state index is -0.106. The van der Waals surface area contributed by atoms with E-state index in [0.29, 0.717) is 17.1 Å². The lowest BCUT2D eigenvalue weighted by atomic mass is 10.0. The Kier molecular flexibility index (Phi) is 2.41. The molecule has 1 saturated carbocycles. The number of nitrogens with two attached hydrogens (primary N) is 1. The summed E-state index contributed by atoms with van der Waals surface area (Å²) in [7, 11) is 0. The smallest absolute Gasteiger partial charge is 0.231 e. The van der Waals surface area contributed by atoms with E-state index in [2.05, 4.69) is 15.9 Å². The summed E-state index contributed by atoms with van der Waals surface area (Å²) in [5, 5.41) is 0. The highest BCUT2D eigenvalue weighted by Crippen LogP contribution is 2.46. The van der Waals surface area contributed by atoms with Gasteiger partial charge in [0.15, 0.2) is 17.8 Å². The van der Waals surface area contributed by atoms with Gasteiger partial charge in [0.05, 0.1) is 5.56 Å². The molecule has 0 spiro atoms. The maximum absolute atomic E-state index is 10.9. The number of benzene rings is 1. The molecule has 1 heterocycles. The highest BCUT2D eigenvalue weighted by Gasteiger charge is 2.40. The monoisotopic (exact) mass is 297 g/mol. The average molecular weight is 298 g/mol. The van der Waals surface area contributed by atoms with Crippen molar-refractivity contribution in [2.45, 2.75) is 24.8 Å². The van der Waals surface area contributed by atoms with Gasteiger partial charge < -0.3 is 15.2 Å². The van der Waals surface area contributed by atoms with E-state index in [-0.39, 0.29) is 12.3 Å². The van der Waals surface area contributed by atoms with Crippen LogP contribution in [0.5, 0.6) is 11.5 Å². The number of carbonyl (C=O) groups excluding carboxylic acids is 1. The third kappa shape index (κ3) is 1.83. The second kappa shape index (κ2) is 3.71. The lowest BCUT2D eigenvalue weighted by Gasteiger charge is -2.13. The molecular weight excluding hydrogens is 286 g/mol.